The van der Waals surface area contributed by atoms with E-state index in [0.717, 1.165) is 6.42 Å². The topological polar surface area (TPSA) is 103 Å². The first-order valence-electron chi connectivity index (χ1n) is 8.67. The van der Waals surface area contributed by atoms with E-state index in [4.69, 9.17) is 11.6 Å². The second-order valence-corrected chi connectivity index (χ2v) is 6.96. The number of rotatable bonds is 3. The fraction of sp³-hybridized carbons (Fsp3) is 0.278. The van der Waals surface area contributed by atoms with E-state index < -0.39 is 23.4 Å². The molecule has 1 aliphatic heterocycles. The first kappa shape index (κ1) is 18.3. The van der Waals surface area contributed by atoms with E-state index in [1.165, 1.54) is 27.7 Å². The summed E-state index contributed by atoms with van der Waals surface area (Å²) < 4.78 is 17.5. The molecule has 4 rings (SSSR count). The van der Waals surface area contributed by atoms with Crippen molar-refractivity contribution in [1.29, 1.82) is 0 Å². The van der Waals surface area contributed by atoms with E-state index >= 15 is 0 Å². The number of aliphatic carboxylic acids is 1. The van der Waals surface area contributed by atoms with Gasteiger partial charge in [-0.3, -0.25) is 9.36 Å². The number of carbonyl (C=O) groups is 1. The minimum absolute atomic E-state index is 0.0800. The van der Waals surface area contributed by atoms with Crippen LogP contribution in [0.4, 0.5) is 4.39 Å². The Kier molecular flexibility index (Phi) is 4.68. The van der Waals surface area contributed by atoms with Crippen molar-refractivity contribution in [3.05, 3.63) is 57.5 Å². The second kappa shape index (κ2) is 7.16. The fourth-order valence-corrected chi connectivity index (χ4v) is 3.77. The monoisotopic (exact) mass is 403 g/mol. The minimum Gasteiger partial charge on any atom is -0.480 e. The number of carboxylic acids is 1. The van der Waals surface area contributed by atoms with Crippen molar-refractivity contribution in [3.63, 3.8) is 0 Å². The maximum absolute atomic E-state index is 15.0. The number of aromatic nitrogens is 5. The largest absolute Gasteiger partial charge is 0.480 e. The number of carboxylic acid groups (broad SMARTS) is 1. The second-order valence-electron chi connectivity index (χ2n) is 6.55. The summed E-state index contributed by atoms with van der Waals surface area (Å²) in [5.74, 6) is -1.76. The highest BCUT2D eigenvalue weighted by atomic mass is 35.5. The standard InChI is InChI=1S/C18H15ClFN5O3/c19-12-5-6-13(24-9-21-22-23-24)16(17(12)20)10-7-11-3-1-2-4-14(18(27)28)25(11)15(26)8-10/h5-9,14H,1-4H2,(H,27,28). The first-order valence-corrected chi connectivity index (χ1v) is 9.05. The lowest BCUT2D eigenvalue weighted by Gasteiger charge is -2.19. The molecule has 0 radical (unpaired) electrons. The van der Waals surface area contributed by atoms with Crippen molar-refractivity contribution in [2.24, 2.45) is 0 Å². The number of aryl methyl sites for hydroxylation is 1. The first-order chi connectivity index (χ1) is 13.5. The molecule has 0 saturated carbocycles. The van der Waals surface area contributed by atoms with E-state index in [0.29, 0.717) is 36.2 Å². The van der Waals surface area contributed by atoms with Gasteiger partial charge in [0.15, 0.2) is 5.82 Å². The molecule has 0 amide bonds. The van der Waals surface area contributed by atoms with Crippen LogP contribution < -0.4 is 5.56 Å². The average Bonchev–Trinajstić information content (AvgIpc) is 3.10. The molecule has 1 atom stereocenters. The number of hydrogen-bond acceptors (Lipinski definition) is 5. The number of hydrogen-bond donors (Lipinski definition) is 1. The van der Waals surface area contributed by atoms with Crippen molar-refractivity contribution in [1.82, 2.24) is 24.8 Å². The molecule has 144 valence electrons. The van der Waals surface area contributed by atoms with Gasteiger partial charge >= 0.3 is 5.97 Å². The number of benzene rings is 1. The smallest absolute Gasteiger partial charge is 0.326 e. The number of pyridine rings is 1. The molecule has 0 aliphatic carbocycles. The van der Waals surface area contributed by atoms with Crippen molar-refractivity contribution in [2.45, 2.75) is 31.7 Å². The van der Waals surface area contributed by atoms with E-state index in [1.807, 2.05) is 0 Å². The number of fused-ring (bicyclic) bond motifs is 1. The van der Waals surface area contributed by atoms with Gasteiger partial charge in [0, 0.05) is 17.3 Å². The molecule has 10 heteroatoms. The van der Waals surface area contributed by atoms with Gasteiger partial charge in [-0.05, 0) is 53.5 Å². The zero-order chi connectivity index (χ0) is 19.8. The van der Waals surface area contributed by atoms with Gasteiger partial charge in [0.2, 0.25) is 0 Å². The van der Waals surface area contributed by atoms with E-state index in [-0.39, 0.29) is 10.6 Å². The van der Waals surface area contributed by atoms with Gasteiger partial charge in [0.25, 0.3) is 5.56 Å². The molecule has 0 spiro atoms. The molecule has 0 saturated heterocycles. The lowest BCUT2D eigenvalue weighted by atomic mass is 10.0. The van der Waals surface area contributed by atoms with Crippen LogP contribution in [0.25, 0.3) is 16.8 Å². The molecule has 1 unspecified atom stereocenters. The Bertz CT molecular complexity index is 1110. The van der Waals surface area contributed by atoms with Crippen molar-refractivity contribution in [3.8, 4) is 16.8 Å². The summed E-state index contributed by atoms with van der Waals surface area (Å²) in [6, 6.07) is 4.88. The Morgan fingerprint density at radius 1 is 1.29 bits per heavy atom. The van der Waals surface area contributed by atoms with E-state index in [1.54, 1.807) is 12.1 Å². The van der Waals surface area contributed by atoms with Crippen LogP contribution >= 0.6 is 11.6 Å². The van der Waals surface area contributed by atoms with Crippen LogP contribution in [0.2, 0.25) is 5.02 Å². The molecule has 3 heterocycles. The SMILES string of the molecule is O=C(O)C1CCCCc2cc(-c3c(-n4cnnn4)ccc(Cl)c3F)cc(=O)n21. The summed E-state index contributed by atoms with van der Waals surface area (Å²) in [6.07, 6.45) is 3.64. The molecule has 1 aliphatic rings. The number of nitrogens with zero attached hydrogens (tertiary/aromatic N) is 5. The van der Waals surface area contributed by atoms with Gasteiger partial charge in [-0.25, -0.2) is 9.18 Å². The third-order valence-electron chi connectivity index (χ3n) is 4.86. The van der Waals surface area contributed by atoms with Gasteiger partial charge in [0.1, 0.15) is 12.4 Å². The molecule has 3 aromatic rings. The van der Waals surface area contributed by atoms with Crippen LogP contribution in [0, 0.1) is 5.82 Å². The van der Waals surface area contributed by atoms with Gasteiger partial charge in [-0.15, -0.1) is 5.10 Å². The summed E-state index contributed by atoms with van der Waals surface area (Å²) in [7, 11) is 0. The van der Waals surface area contributed by atoms with Crippen LogP contribution in [-0.2, 0) is 11.2 Å². The highest BCUT2D eigenvalue weighted by molar-refractivity contribution is 6.31. The summed E-state index contributed by atoms with van der Waals surface area (Å²) in [5.41, 5.74) is 0.752. The zero-order valence-electron chi connectivity index (χ0n) is 14.5. The molecule has 8 nitrogen and oxygen atoms in total. The summed E-state index contributed by atoms with van der Waals surface area (Å²) >= 11 is 5.97. The van der Waals surface area contributed by atoms with Crippen LogP contribution in [0.5, 0.6) is 0 Å². The normalized spacial score (nSPS) is 16.4. The van der Waals surface area contributed by atoms with Crippen LogP contribution in [-0.4, -0.2) is 35.9 Å². The van der Waals surface area contributed by atoms with E-state index in [9.17, 15) is 19.1 Å². The Morgan fingerprint density at radius 3 is 2.82 bits per heavy atom. The highest BCUT2D eigenvalue weighted by Crippen LogP contribution is 2.34. The summed E-state index contributed by atoms with van der Waals surface area (Å²) in [6.45, 7) is 0. The Morgan fingerprint density at radius 2 is 2.11 bits per heavy atom. The number of halogens is 2. The van der Waals surface area contributed by atoms with Crippen molar-refractivity contribution >= 4 is 17.6 Å². The average molecular weight is 404 g/mol. The predicted octanol–water partition coefficient (Wildman–Crippen LogP) is 2.64. The third-order valence-corrected chi connectivity index (χ3v) is 5.15. The Balaban J connectivity index is 1.96. The molecule has 1 aromatic carbocycles. The predicted molar refractivity (Wildman–Crippen MR) is 98.0 cm³/mol. The van der Waals surface area contributed by atoms with Crippen molar-refractivity contribution < 1.29 is 14.3 Å². The van der Waals surface area contributed by atoms with Gasteiger partial charge < -0.3 is 5.11 Å². The van der Waals surface area contributed by atoms with Gasteiger partial charge in [-0.2, -0.15) is 4.68 Å². The maximum atomic E-state index is 15.0. The van der Waals surface area contributed by atoms with Crippen LogP contribution in [0.1, 0.15) is 31.0 Å². The van der Waals surface area contributed by atoms with Crippen LogP contribution in [0.15, 0.2) is 35.4 Å². The quantitative estimate of drug-likeness (QED) is 0.721. The molecule has 0 fully saturated rings. The maximum Gasteiger partial charge on any atom is 0.326 e. The molecular weight excluding hydrogens is 389 g/mol. The lowest BCUT2D eigenvalue weighted by Crippen LogP contribution is -2.31. The molecular formula is C18H15ClFN5O3. The van der Waals surface area contributed by atoms with Crippen LogP contribution in [0.3, 0.4) is 0 Å². The number of tetrazole rings is 1. The Labute approximate surface area is 163 Å². The van der Waals surface area contributed by atoms with Gasteiger partial charge in [-0.1, -0.05) is 18.0 Å². The van der Waals surface area contributed by atoms with Crippen molar-refractivity contribution in [2.75, 3.05) is 0 Å². The molecule has 28 heavy (non-hydrogen) atoms. The highest BCUT2D eigenvalue weighted by Gasteiger charge is 2.27. The Hall–Kier alpha value is -3.07. The molecule has 2 aromatic heterocycles. The fourth-order valence-electron chi connectivity index (χ4n) is 3.61. The lowest BCUT2D eigenvalue weighted by molar-refractivity contribution is -0.141. The third kappa shape index (κ3) is 3.07. The summed E-state index contributed by atoms with van der Waals surface area (Å²) in [5, 5.41) is 20.3. The van der Waals surface area contributed by atoms with Gasteiger partial charge in [0.05, 0.1) is 10.7 Å². The van der Waals surface area contributed by atoms with E-state index in [2.05, 4.69) is 15.5 Å². The summed E-state index contributed by atoms with van der Waals surface area (Å²) in [4.78, 5) is 24.4. The zero-order valence-corrected chi connectivity index (χ0v) is 15.3. The minimum atomic E-state index is -1.05. The molecule has 0 bridgehead atoms. The molecule has 1 N–H and O–H groups in total.